The Balaban J connectivity index is 2.03. The molecule has 6 heteroatoms. The number of aliphatic imine (C=N–C) groups is 1. The Morgan fingerprint density at radius 1 is 1.35 bits per heavy atom. The van der Waals surface area contributed by atoms with Gasteiger partial charge in [0, 0.05) is 10.7 Å². The quantitative estimate of drug-likeness (QED) is 0.902. The summed E-state index contributed by atoms with van der Waals surface area (Å²) in [4.78, 5) is 17.6. The SMILES string of the molecule is O=C(O)C1C(c2ccc(F)cc2)=NC2C=CC(Br)=CN21. The maximum absolute atomic E-state index is 13.0. The molecule has 0 saturated carbocycles. The first-order valence-electron chi connectivity index (χ1n) is 5.95. The second-order valence-corrected chi connectivity index (χ2v) is 5.41. The number of rotatable bonds is 2. The number of nitrogens with zero attached hydrogens (tertiary/aromatic N) is 2. The Bertz CT molecular complexity index is 652. The van der Waals surface area contributed by atoms with Crippen molar-refractivity contribution >= 4 is 27.6 Å². The Hall–Kier alpha value is -1.95. The number of benzene rings is 1. The van der Waals surface area contributed by atoms with Crippen LogP contribution in [0.2, 0.25) is 0 Å². The number of hydrogen-bond donors (Lipinski definition) is 1. The number of fused-ring (bicyclic) bond motifs is 1. The third-order valence-corrected chi connectivity index (χ3v) is 3.68. The summed E-state index contributed by atoms with van der Waals surface area (Å²) in [6, 6.07) is 4.82. The molecule has 0 radical (unpaired) electrons. The largest absolute Gasteiger partial charge is 0.479 e. The van der Waals surface area contributed by atoms with Crippen LogP contribution in [0, 0.1) is 5.82 Å². The smallest absolute Gasteiger partial charge is 0.332 e. The zero-order valence-electron chi connectivity index (χ0n) is 10.2. The van der Waals surface area contributed by atoms with Crippen LogP contribution in [0.1, 0.15) is 5.56 Å². The van der Waals surface area contributed by atoms with Gasteiger partial charge in [0.1, 0.15) is 12.0 Å². The predicted molar refractivity (Wildman–Crippen MR) is 76.1 cm³/mol. The lowest BCUT2D eigenvalue weighted by Crippen LogP contribution is -2.42. The van der Waals surface area contributed by atoms with Gasteiger partial charge >= 0.3 is 5.97 Å². The Labute approximate surface area is 123 Å². The molecule has 102 valence electrons. The average molecular weight is 337 g/mol. The normalized spacial score (nSPS) is 24.2. The van der Waals surface area contributed by atoms with Gasteiger partial charge in [0.2, 0.25) is 0 Å². The highest BCUT2D eigenvalue weighted by Gasteiger charge is 2.40. The molecular weight excluding hydrogens is 327 g/mol. The molecule has 0 bridgehead atoms. The highest BCUT2D eigenvalue weighted by molar-refractivity contribution is 9.11. The van der Waals surface area contributed by atoms with Crippen LogP contribution in [0.15, 0.2) is 52.1 Å². The van der Waals surface area contributed by atoms with Crippen molar-refractivity contribution in [2.24, 2.45) is 4.99 Å². The Morgan fingerprint density at radius 2 is 2.05 bits per heavy atom. The summed E-state index contributed by atoms with van der Waals surface area (Å²) in [5.74, 6) is -1.35. The lowest BCUT2D eigenvalue weighted by atomic mass is 10.0. The monoisotopic (exact) mass is 336 g/mol. The van der Waals surface area contributed by atoms with E-state index in [4.69, 9.17) is 0 Å². The van der Waals surface area contributed by atoms with Crippen molar-refractivity contribution in [3.8, 4) is 0 Å². The minimum Gasteiger partial charge on any atom is -0.479 e. The number of carboxylic acids is 1. The van der Waals surface area contributed by atoms with E-state index < -0.39 is 12.0 Å². The van der Waals surface area contributed by atoms with Gasteiger partial charge in [-0.3, -0.25) is 4.99 Å². The second-order valence-electron chi connectivity index (χ2n) is 4.50. The summed E-state index contributed by atoms with van der Waals surface area (Å²) in [6.07, 6.45) is 5.02. The van der Waals surface area contributed by atoms with Crippen LogP contribution in [0.25, 0.3) is 0 Å². The molecule has 1 aromatic rings. The minimum absolute atomic E-state index is 0.336. The van der Waals surface area contributed by atoms with E-state index >= 15 is 0 Å². The second kappa shape index (κ2) is 4.86. The van der Waals surface area contributed by atoms with E-state index in [9.17, 15) is 14.3 Å². The number of allylic oxidation sites excluding steroid dienone is 2. The van der Waals surface area contributed by atoms with E-state index in [1.54, 1.807) is 23.2 Å². The molecule has 1 aromatic carbocycles. The van der Waals surface area contributed by atoms with Crippen LogP contribution in [-0.4, -0.2) is 33.9 Å². The molecule has 0 amide bonds. The fourth-order valence-electron chi connectivity index (χ4n) is 2.33. The van der Waals surface area contributed by atoms with E-state index in [2.05, 4.69) is 20.9 Å². The maximum Gasteiger partial charge on any atom is 0.332 e. The molecule has 2 aliphatic rings. The highest BCUT2D eigenvalue weighted by Crippen LogP contribution is 2.29. The van der Waals surface area contributed by atoms with E-state index in [0.29, 0.717) is 11.3 Å². The van der Waals surface area contributed by atoms with Crippen LogP contribution in [0.5, 0.6) is 0 Å². The molecular formula is C14H10BrFN2O2. The Kier molecular flexibility index (Phi) is 3.17. The standard InChI is InChI=1S/C14H10BrFN2O2/c15-9-3-6-11-17-12(8-1-4-10(16)5-2-8)13(14(19)20)18(11)7-9/h1-7,11,13H,(H,19,20). The third kappa shape index (κ3) is 2.16. The lowest BCUT2D eigenvalue weighted by Gasteiger charge is -2.26. The molecule has 0 spiro atoms. The van der Waals surface area contributed by atoms with E-state index in [1.165, 1.54) is 12.1 Å². The van der Waals surface area contributed by atoms with Gasteiger partial charge in [0.25, 0.3) is 0 Å². The molecule has 0 aliphatic carbocycles. The number of carbonyl (C=O) groups is 1. The number of carboxylic acid groups (broad SMARTS) is 1. The van der Waals surface area contributed by atoms with Gasteiger partial charge in [-0.05, 0) is 45.8 Å². The van der Waals surface area contributed by atoms with Gasteiger partial charge in [0.05, 0.1) is 5.71 Å². The highest BCUT2D eigenvalue weighted by atomic mass is 79.9. The number of aliphatic carboxylic acids is 1. The van der Waals surface area contributed by atoms with Crippen molar-refractivity contribution in [3.63, 3.8) is 0 Å². The molecule has 2 aliphatic heterocycles. The molecule has 0 saturated heterocycles. The summed E-state index contributed by atoms with van der Waals surface area (Å²) in [7, 11) is 0. The lowest BCUT2D eigenvalue weighted by molar-refractivity contribution is -0.139. The molecule has 0 fully saturated rings. The van der Waals surface area contributed by atoms with E-state index in [0.717, 1.165) is 4.48 Å². The third-order valence-electron chi connectivity index (χ3n) is 3.21. The first-order chi connectivity index (χ1) is 9.56. The zero-order chi connectivity index (χ0) is 14.3. The van der Waals surface area contributed by atoms with Gasteiger partial charge in [0.15, 0.2) is 6.04 Å². The van der Waals surface area contributed by atoms with Crippen LogP contribution in [0.3, 0.4) is 0 Å². The van der Waals surface area contributed by atoms with Crippen molar-refractivity contribution in [2.45, 2.75) is 12.2 Å². The van der Waals surface area contributed by atoms with Gasteiger partial charge < -0.3 is 10.0 Å². The molecule has 0 aromatic heterocycles. The van der Waals surface area contributed by atoms with Crippen molar-refractivity contribution in [2.75, 3.05) is 0 Å². The summed E-state index contributed by atoms with van der Waals surface area (Å²) in [6.45, 7) is 0. The minimum atomic E-state index is -0.984. The fourth-order valence-corrected chi connectivity index (χ4v) is 2.72. The maximum atomic E-state index is 13.0. The van der Waals surface area contributed by atoms with Crippen molar-refractivity contribution in [3.05, 3.63) is 58.5 Å². The topological polar surface area (TPSA) is 52.9 Å². The van der Waals surface area contributed by atoms with Crippen molar-refractivity contribution in [1.29, 1.82) is 0 Å². The molecule has 20 heavy (non-hydrogen) atoms. The summed E-state index contributed by atoms with van der Waals surface area (Å²) >= 11 is 3.33. The van der Waals surface area contributed by atoms with E-state index in [1.807, 2.05) is 12.2 Å². The first kappa shape index (κ1) is 13.1. The summed E-state index contributed by atoms with van der Waals surface area (Å²) in [5.41, 5.74) is 1.05. The molecule has 3 rings (SSSR count). The molecule has 2 atom stereocenters. The fraction of sp³-hybridized carbons (Fsp3) is 0.143. The number of halogens is 2. The van der Waals surface area contributed by atoms with Crippen LogP contribution >= 0.6 is 15.9 Å². The van der Waals surface area contributed by atoms with Gasteiger partial charge in [-0.2, -0.15) is 0 Å². The average Bonchev–Trinajstić information content (AvgIpc) is 2.78. The van der Waals surface area contributed by atoms with Crippen LogP contribution < -0.4 is 0 Å². The van der Waals surface area contributed by atoms with Gasteiger partial charge in [-0.1, -0.05) is 12.1 Å². The van der Waals surface area contributed by atoms with Gasteiger partial charge in [-0.15, -0.1) is 0 Å². The summed E-state index contributed by atoms with van der Waals surface area (Å²) < 4.78 is 13.8. The van der Waals surface area contributed by atoms with E-state index in [-0.39, 0.29) is 12.0 Å². The van der Waals surface area contributed by atoms with Crippen molar-refractivity contribution < 1.29 is 14.3 Å². The van der Waals surface area contributed by atoms with Crippen LogP contribution in [-0.2, 0) is 4.79 Å². The molecule has 2 heterocycles. The van der Waals surface area contributed by atoms with Crippen molar-refractivity contribution in [1.82, 2.24) is 4.90 Å². The molecule has 1 N–H and O–H groups in total. The summed E-state index contributed by atoms with van der Waals surface area (Å²) in [5, 5.41) is 9.46. The number of hydrogen-bond acceptors (Lipinski definition) is 3. The zero-order valence-corrected chi connectivity index (χ0v) is 11.8. The predicted octanol–water partition coefficient (Wildman–Crippen LogP) is 2.52. The molecule has 2 unspecified atom stereocenters. The first-order valence-corrected chi connectivity index (χ1v) is 6.75. The van der Waals surface area contributed by atoms with Gasteiger partial charge in [-0.25, -0.2) is 9.18 Å². The molecule has 4 nitrogen and oxygen atoms in total. The Morgan fingerprint density at radius 3 is 2.70 bits per heavy atom. The van der Waals surface area contributed by atoms with Crippen LogP contribution in [0.4, 0.5) is 4.39 Å².